The number of carbonyl (C=O) groups is 1. The van der Waals surface area contributed by atoms with Crippen molar-refractivity contribution >= 4 is 5.91 Å². The molecule has 1 N–H and O–H groups in total. The zero-order valence-electron chi connectivity index (χ0n) is 12.1. The Morgan fingerprint density at radius 1 is 1.24 bits per heavy atom. The molecule has 4 nitrogen and oxygen atoms in total. The summed E-state index contributed by atoms with van der Waals surface area (Å²) in [6.07, 6.45) is 3.32. The molecule has 21 heavy (non-hydrogen) atoms. The minimum absolute atomic E-state index is 0.0537. The van der Waals surface area contributed by atoms with Gasteiger partial charge in [-0.15, -0.1) is 0 Å². The fraction of sp³-hybridized carbons (Fsp3) is 0.294. The maximum Gasteiger partial charge on any atom is 0.255 e. The Morgan fingerprint density at radius 3 is 2.76 bits per heavy atom. The van der Waals surface area contributed by atoms with Crippen molar-refractivity contribution in [2.45, 2.75) is 19.0 Å². The molecule has 0 saturated carbocycles. The van der Waals surface area contributed by atoms with E-state index in [0.29, 0.717) is 12.1 Å². The van der Waals surface area contributed by atoms with Gasteiger partial charge in [-0.25, -0.2) is 0 Å². The Labute approximate surface area is 124 Å². The number of rotatable bonds is 2. The number of benzene rings is 1. The van der Waals surface area contributed by atoms with Gasteiger partial charge in [0.1, 0.15) is 0 Å². The molecular formula is C17H19N3O. The maximum absolute atomic E-state index is 12.6. The van der Waals surface area contributed by atoms with E-state index in [0.717, 1.165) is 6.54 Å². The molecule has 1 fully saturated rings. The topological polar surface area (TPSA) is 45.2 Å². The second-order valence-electron chi connectivity index (χ2n) is 5.42. The number of hydrogen-bond acceptors (Lipinski definition) is 3. The van der Waals surface area contributed by atoms with Gasteiger partial charge in [0.15, 0.2) is 0 Å². The van der Waals surface area contributed by atoms with Gasteiger partial charge in [-0.05, 0) is 24.6 Å². The van der Waals surface area contributed by atoms with E-state index in [2.05, 4.69) is 29.4 Å². The summed E-state index contributed by atoms with van der Waals surface area (Å²) in [6, 6.07) is 14.2. The van der Waals surface area contributed by atoms with Gasteiger partial charge in [0.05, 0.1) is 5.56 Å². The van der Waals surface area contributed by atoms with Crippen LogP contribution in [0.3, 0.4) is 0 Å². The number of hydrogen-bond donors (Lipinski definition) is 1. The summed E-state index contributed by atoms with van der Waals surface area (Å²) < 4.78 is 0. The SMILES string of the molecule is CC1CNC(c2ccccc2)CN1C(=O)c1cccnc1. The number of amides is 1. The van der Waals surface area contributed by atoms with Crippen LogP contribution in [0.2, 0.25) is 0 Å². The standard InChI is InChI=1S/C17H19N3O/c1-13-10-19-16(14-6-3-2-4-7-14)12-20(13)17(21)15-8-5-9-18-11-15/h2-9,11,13,16,19H,10,12H2,1H3. The molecule has 2 heterocycles. The fourth-order valence-electron chi connectivity index (χ4n) is 2.71. The number of piperazine rings is 1. The third-order valence-corrected chi connectivity index (χ3v) is 3.94. The fourth-order valence-corrected chi connectivity index (χ4v) is 2.71. The second-order valence-corrected chi connectivity index (χ2v) is 5.42. The van der Waals surface area contributed by atoms with Crippen LogP contribution in [-0.2, 0) is 0 Å². The summed E-state index contributed by atoms with van der Waals surface area (Å²) in [5, 5.41) is 3.51. The van der Waals surface area contributed by atoms with Gasteiger partial charge in [-0.2, -0.15) is 0 Å². The lowest BCUT2D eigenvalue weighted by Gasteiger charge is -2.39. The molecular weight excluding hydrogens is 262 g/mol. The lowest BCUT2D eigenvalue weighted by Crippen LogP contribution is -2.53. The molecule has 2 unspecified atom stereocenters. The first-order valence-electron chi connectivity index (χ1n) is 7.25. The Balaban J connectivity index is 1.79. The highest BCUT2D eigenvalue weighted by molar-refractivity contribution is 5.94. The first-order valence-corrected chi connectivity index (χ1v) is 7.25. The zero-order valence-corrected chi connectivity index (χ0v) is 12.1. The summed E-state index contributed by atoms with van der Waals surface area (Å²) in [5.74, 6) is 0.0537. The monoisotopic (exact) mass is 281 g/mol. The van der Waals surface area contributed by atoms with Crippen LogP contribution in [0.1, 0.15) is 28.9 Å². The molecule has 2 atom stereocenters. The highest BCUT2D eigenvalue weighted by Crippen LogP contribution is 2.21. The maximum atomic E-state index is 12.6. The molecule has 1 amide bonds. The minimum atomic E-state index is 0.0537. The van der Waals surface area contributed by atoms with Crippen LogP contribution in [-0.4, -0.2) is 34.9 Å². The summed E-state index contributed by atoms with van der Waals surface area (Å²) in [6.45, 7) is 3.55. The molecule has 1 aromatic heterocycles. The lowest BCUT2D eigenvalue weighted by molar-refractivity contribution is 0.0606. The normalized spacial score (nSPS) is 22.0. The lowest BCUT2D eigenvalue weighted by atomic mass is 10.0. The molecule has 0 spiro atoms. The molecule has 2 aromatic rings. The van der Waals surface area contributed by atoms with E-state index >= 15 is 0 Å². The quantitative estimate of drug-likeness (QED) is 0.918. The van der Waals surface area contributed by atoms with Gasteiger partial charge in [-0.1, -0.05) is 30.3 Å². The molecule has 4 heteroatoms. The first-order chi connectivity index (χ1) is 10.3. The third kappa shape index (κ3) is 2.95. The largest absolute Gasteiger partial charge is 0.333 e. The Bertz CT molecular complexity index is 600. The van der Waals surface area contributed by atoms with E-state index in [4.69, 9.17) is 0 Å². The molecule has 0 aliphatic carbocycles. The van der Waals surface area contributed by atoms with Crippen molar-refractivity contribution in [2.75, 3.05) is 13.1 Å². The first kappa shape index (κ1) is 13.8. The summed E-state index contributed by atoms with van der Waals surface area (Å²) in [7, 11) is 0. The van der Waals surface area contributed by atoms with E-state index in [1.54, 1.807) is 18.5 Å². The third-order valence-electron chi connectivity index (χ3n) is 3.94. The van der Waals surface area contributed by atoms with Crippen LogP contribution in [0.25, 0.3) is 0 Å². The number of nitrogens with one attached hydrogen (secondary N) is 1. The highest BCUT2D eigenvalue weighted by atomic mass is 16.2. The van der Waals surface area contributed by atoms with E-state index in [1.165, 1.54) is 5.56 Å². The van der Waals surface area contributed by atoms with E-state index < -0.39 is 0 Å². The van der Waals surface area contributed by atoms with Crippen molar-refractivity contribution in [3.8, 4) is 0 Å². The van der Waals surface area contributed by atoms with Crippen LogP contribution in [0.5, 0.6) is 0 Å². The number of pyridine rings is 1. The van der Waals surface area contributed by atoms with Gasteiger partial charge in [0, 0.05) is 37.6 Å². The molecule has 1 saturated heterocycles. The smallest absolute Gasteiger partial charge is 0.255 e. The van der Waals surface area contributed by atoms with Crippen molar-refractivity contribution < 1.29 is 4.79 Å². The predicted octanol–water partition coefficient (Wildman–Crippen LogP) is 2.26. The minimum Gasteiger partial charge on any atom is -0.333 e. The second kappa shape index (κ2) is 6.06. The number of nitrogens with zero attached hydrogens (tertiary/aromatic N) is 2. The summed E-state index contributed by atoms with van der Waals surface area (Å²) in [4.78, 5) is 18.6. The average Bonchev–Trinajstić information content (AvgIpc) is 2.56. The van der Waals surface area contributed by atoms with Gasteiger partial charge in [-0.3, -0.25) is 9.78 Å². The van der Waals surface area contributed by atoms with Crippen molar-refractivity contribution in [3.05, 3.63) is 66.0 Å². The molecule has 108 valence electrons. The summed E-state index contributed by atoms with van der Waals surface area (Å²) in [5.41, 5.74) is 1.87. The Hall–Kier alpha value is -2.20. The van der Waals surface area contributed by atoms with Crippen LogP contribution in [0, 0.1) is 0 Å². The van der Waals surface area contributed by atoms with Crippen molar-refractivity contribution in [3.63, 3.8) is 0 Å². The van der Waals surface area contributed by atoms with Crippen molar-refractivity contribution in [2.24, 2.45) is 0 Å². The Kier molecular flexibility index (Phi) is 3.97. The molecule has 0 bridgehead atoms. The predicted molar refractivity (Wildman–Crippen MR) is 81.9 cm³/mol. The molecule has 1 aliphatic heterocycles. The summed E-state index contributed by atoms with van der Waals surface area (Å²) >= 11 is 0. The van der Waals surface area contributed by atoms with Crippen LogP contribution >= 0.6 is 0 Å². The van der Waals surface area contributed by atoms with Gasteiger partial charge < -0.3 is 10.2 Å². The molecule has 3 rings (SSSR count). The van der Waals surface area contributed by atoms with Gasteiger partial charge >= 0.3 is 0 Å². The van der Waals surface area contributed by atoms with Gasteiger partial charge in [0.25, 0.3) is 5.91 Å². The zero-order chi connectivity index (χ0) is 14.7. The van der Waals surface area contributed by atoms with Crippen molar-refractivity contribution in [1.82, 2.24) is 15.2 Å². The van der Waals surface area contributed by atoms with Crippen LogP contribution < -0.4 is 5.32 Å². The Morgan fingerprint density at radius 2 is 2.05 bits per heavy atom. The molecule has 0 radical (unpaired) electrons. The average molecular weight is 281 g/mol. The van der Waals surface area contributed by atoms with Crippen LogP contribution in [0.4, 0.5) is 0 Å². The van der Waals surface area contributed by atoms with Crippen LogP contribution in [0.15, 0.2) is 54.9 Å². The van der Waals surface area contributed by atoms with Gasteiger partial charge in [0.2, 0.25) is 0 Å². The number of aromatic nitrogens is 1. The van der Waals surface area contributed by atoms with E-state index in [-0.39, 0.29) is 18.0 Å². The van der Waals surface area contributed by atoms with E-state index in [9.17, 15) is 4.79 Å². The molecule has 1 aromatic carbocycles. The molecule has 1 aliphatic rings. The highest BCUT2D eigenvalue weighted by Gasteiger charge is 2.29. The van der Waals surface area contributed by atoms with E-state index in [1.807, 2.05) is 29.2 Å². The number of carbonyl (C=O) groups excluding carboxylic acids is 1. The van der Waals surface area contributed by atoms with Crippen molar-refractivity contribution in [1.29, 1.82) is 0 Å².